The fourth-order valence-corrected chi connectivity index (χ4v) is 3.04. The Balaban J connectivity index is 2.12. The number of benzene rings is 2. The number of H-pyrrole nitrogens is 2. The first-order chi connectivity index (χ1) is 11.1. The molecule has 0 bridgehead atoms. The number of ether oxygens (including phenoxy) is 1. The summed E-state index contributed by atoms with van der Waals surface area (Å²) in [6.07, 6.45) is 0.324. The van der Waals surface area contributed by atoms with Gasteiger partial charge in [0.05, 0.1) is 12.8 Å². The van der Waals surface area contributed by atoms with Crippen molar-refractivity contribution in [2.75, 3.05) is 7.11 Å². The van der Waals surface area contributed by atoms with Gasteiger partial charge in [-0.25, -0.2) is 0 Å². The summed E-state index contributed by atoms with van der Waals surface area (Å²) in [6.45, 7) is 0. The highest BCUT2D eigenvalue weighted by Crippen LogP contribution is 2.32. The molecule has 4 nitrogen and oxygen atoms in total. The molecule has 0 spiro atoms. The Bertz CT molecular complexity index is 879. The molecule has 0 saturated heterocycles. The largest absolute Gasteiger partial charge is 0.496 e. The number of aromatic amines is 2. The SMILES string of the molecule is COc1ccccc1-c1[nH][nH]c(=O)c1Cc1c(Cl)cccc1Cl. The Morgan fingerprint density at radius 3 is 2.35 bits per heavy atom. The van der Waals surface area contributed by atoms with Gasteiger partial charge in [-0.05, 0) is 29.8 Å². The van der Waals surface area contributed by atoms with Gasteiger partial charge in [-0.1, -0.05) is 41.4 Å². The van der Waals surface area contributed by atoms with Crippen LogP contribution in [-0.4, -0.2) is 17.3 Å². The third kappa shape index (κ3) is 3.00. The number of methoxy groups -OCH3 is 1. The zero-order valence-electron chi connectivity index (χ0n) is 12.3. The van der Waals surface area contributed by atoms with E-state index in [-0.39, 0.29) is 5.56 Å². The van der Waals surface area contributed by atoms with Gasteiger partial charge in [0.15, 0.2) is 0 Å². The van der Waals surface area contributed by atoms with Crippen LogP contribution in [0.4, 0.5) is 0 Å². The molecule has 1 aromatic heterocycles. The number of halogens is 2. The second-order valence-electron chi connectivity index (χ2n) is 5.01. The van der Waals surface area contributed by atoms with Crippen LogP contribution < -0.4 is 10.3 Å². The highest BCUT2D eigenvalue weighted by atomic mass is 35.5. The summed E-state index contributed by atoms with van der Waals surface area (Å²) in [5.74, 6) is 0.675. The van der Waals surface area contributed by atoms with Gasteiger partial charge in [0.1, 0.15) is 5.75 Å². The molecule has 3 rings (SSSR count). The van der Waals surface area contributed by atoms with Crippen molar-refractivity contribution in [3.05, 3.63) is 74.0 Å². The van der Waals surface area contributed by atoms with Crippen LogP contribution in [0.25, 0.3) is 11.3 Å². The maximum absolute atomic E-state index is 12.2. The minimum atomic E-state index is -0.207. The fourth-order valence-electron chi connectivity index (χ4n) is 2.51. The first kappa shape index (κ1) is 15.7. The van der Waals surface area contributed by atoms with Crippen LogP contribution in [0.3, 0.4) is 0 Å². The second-order valence-corrected chi connectivity index (χ2v) is 5.82. The lowest BCUT2D eigenvalue weighted by Gasteiger charge is -2.10. The van der Waals surface area contributed by atoms with Gasteiger partial charge >= 0.3 is 0 Å². The van der Waals surface area contributed by atoms with Crippen molar-refractivity contribution in [3.8, 4) is 17.0 Å². The number of rotatable bonds is 4. The van der Waals surface area contributed by atoms with E-state index in [1.54, 1.807) is 25.3 Å². The van der Waals surface area contributed by atoms with Crippen molar-refractivity contribution in [2.24, 2.45) is 0 Å². The smallest absolute Gasteiger partial charge is 0.268 e. The maximum Gasteiger partial charge on any atom is 0.268 e. The third-order valence-corrected chi connectivity index (χ3v) is 4.38. The maximum atomic E-state index is 12.2. The zero-order chi connectivity index (χ0) is 16.4. The van der Waals surface area contributed by atoms with Gasteiger partial charge in [-0.15, -0.1) is 0 Å². The average Bonchev–Trinajstić information content (AvgIpc) is 2.91. The molecule has 1 heterocycles. The molecule has 0 aliphatic heterocycles. The van der Waals surface area contributed by atoms with Gasteiger partial charge in [0.25, 0.3) is 5.56 Å². The fraction of sp³-hybridized carbons (Fsp3) is 0.118. The van der Waals surface area contributed by atoms with E-state index < -0.39 is 0 Å². The van der Waals surface area contributed by atoms with Crippen molar-refractivity contribution in [3.63, 3.8) is 0 Å². The molecule has 0 fully saturated rings. The Morgan fingerprint density at radius 1 is 0.957 bits per heavy atom. The summed E-state index contributed by atoms with van der Waals surface area (Å²) in [7, 11) is 1.59. The Kier molecular flexibility index (Phi) is 4.46. The van der Waals surface area contributed by atoms with Crippen LogP contribution in [0.1, 0.15) is 11.1 Å². The lowest BCUT2D eigenvalue weighted by molar-refractivity contribution is 0.416. The van der Waals surface area contributed by atoms with E-state index in [0.29, 0.717) is 33.5 Å². The number of aromatic nitrogens is 2. The normalized spacial score (nSPS) is 10.7. The molecule has 0 saturated carbocycles. The number of para-hydroxylation sites is 1. The molecular weight excluding hydrogens is 335 g/mol. The predicted octanol–water partition coefficient (Wildman–Crippen LogP) is 4.28. The molecule has 0 aliphatic carbocycles. The van der Waals surface area contributed by atoms with E-state index in [1.807, 2.05) is 24.3 Å². The van der Waals surface area contributed by atoms with Crippen LogP contribution in [0.2, 0.25) is 10.0 Å². The minimum absolute atomic E-state index is 0.207. The topological polar surface area (TPSA) is 57.9 Å². The summed E-state index contributed by atoms with van der Waals surface area (Å²) in [4.78, 5) is 12.2. The zero-order valence-corrected chi connectivity index (χ0v) is 13.8. The van der Waals surface area contributed by atoms with Crippen LogP contribution in [0.5, 0.6) is 5.75 Å². The molecule has 2 N–H and O–H groups in total. The average molecular weight is 349 g/mol. The molecule has 23 heavy (non-hydrogen) atoms. The van der Waals surface area contributed by atoms with E-state index >= 15 is 0 Å². The van der Waals surface area contributed by atoms with Gasteiger partial charge in [-0.2, -0.15) is 0 Å². The summed E-state index contributed by atoms with van der Waals surface area (Å²) < 4.78 is 5.37. The first-order valence-corrected chi connectivity index (χ1v) is 7.73. The lowest BCUT2D eigenvalue weighted by Crippen LogP contribution is -2.07. The number of nitrogens with one attached hydrogen (secondary N) is 2. The van der Waals surface area contributed by atoms with Crippen LogP contribution in [0.15, 0.2) is 47.3 Å². The third-order valence-electron chi connectivity index (χ3n) is 3.67. The summed E-state index contributed by atoms with van der Waals surface area (Å²) >= 11 is 12.4. The quantitative estimate of drug-likeness (QED) is 0.739. The molecular formula is C17H14Cl2N2O2. The van der Waals surface area contributed by atoms with E-state index in [1.165, 1.54) is 0 Å². The molecule has 3 aromatic rings. The van der Waals surface area contributed by atoms with Crippen molar-refractivity contribution >= 4 is 23.2 Å². The summed E-state index contributed by atoms with van der Waals surface area (Å²) in [5.41, 5.74) is 2.54. The molecule has 0 aliphatic rings. The first-order valence-electron chi connectivity index (χ1n) is 6.97. The molecule has 0 unspecified atom stereocenters. The molecule has 2 aromatic carbocycles. The molecule has 0 atom stereocenters. The Hall–Kier alpha value is -2.17. The highest BCUT2D eigenvalue weighted by molar-refractivity contribution is 6.36. The van der Waals surface area contributed by atoms with Gasteiger partial charge in [-0.3, -0.25) is 15.0 Å². The molecule has 118 valence electrons. The molecule has 0 amide bonds. The minimum Gasteiger partial charge on any atom is -0.496 e. The second kappa shape index (κ2) is 6.52. The predicted molar refractivity (Wildman–Crippen MR) is 92.7 cm³/mol. The van der Waals surface area contributed by atoms with Crippen molar-refractivity contribution in [1.29, 1.82) is 0 Å². The summed E-state index contributed by atoms with van der Waals surface area (Å²) in [6, 6.07) is 12.8. The van der Waals surface area contributed by atoms with Crippen molar-refractivity contribution < 1.29 is 4.74 Å². The monoisotopic (exact) mass is 348 g/mol. The van der Waals surface area contributed by atoms with Crippen molar-refractivity contribution in [2.45, 2.75) is 6.42 Å². The molecule has 0 radical (unpaired) electrons. The number of hydrogen-bond acceptors (Lipinski definition) is 2. The van der Waals surface area contributed by atoms with Crippen LogP contribution in [-0.2, 0) is 6.42 Å². The van der Waals surface area contributed by atoms with E-state index in [4.69, 9.17) is 27.9 Å². The highest BCUT2D eigenvalue weighted by Gasteiger charge is 2.18. The van der Waals surface area contributed by atoms with Crippen LogP contribution >= 0.6 is 23.2 Å². The van der Waals surface area contributed by atoms with E-state index in [0.717, 1.165) is 11.1 Å². The van der Waals surface area contributed by atoms with E-state index in [9.17, 15) is 4.79 Å². The van der Waals surface area contributed by atoms with Crippen LogP contribution in [0, 0.1) is 0 Å². The Morgan fingerprint density at radius 2 is 1.65 bits per heavy atom. The Labute approximate surface area is 143 Å². The standard InChI is InChI=1S/C17H14Cl2N2O2/c1-23-15-8-3-2-5-10(15)16-12(17(22)21-20-16)9-11-13(18)6-4-7-14(11)19/h2-8H,9H2,1H3,(H2,20,21,22). The lowest BCUT2D eigenvalue weighted by atomic mass is 10.0. The van der Waals surface area contributed by atoms with E-state index in [2.05, 4.69) is 10.2 Å². The van der Waals surface area contributed by atoms with Gasteiger partial charge in [0.2, 0.25) is 0 Å². The molecule has 6 heteroatoms. The van der Waals surface area contributed by atoms with Gasteiger partial charge in [0, 0.05) is 27.6 Å². The van der Waals surface area contributed by atoms with Crippen molar-refractivity contribution in [1.82, 2.24) is 10.2 Å². The summed E-state index contributed by atoms with van der Waals surface area (Å²) in [5, 5.41) is 6.61. The van der Waals surface area contributed by atoms with Gasteiger partial charge < -0.3 is 4.74 Å². The number of hydrogen-bond donors (Lipinski definition) is 2.